The van der Waals surface area contributed by atoms with Crippen molar-refractivity contribution in [2.75, 3.05) is 25.5 Å². The first-order chi connectivity index (χ1) is 17.3. The van der Waals surface area contributed by atoms with E-state index in [0.29, 0.717) is 47.3 Å². The molecule has 0 saturated heterocycles. The maximum absolute atomic E-state index is 13.6. The molecule has 9 heteroatoms. The standard InChI is InChI=1S/C27H27ClF3N5/c1-3-15-36(2)17-24-34-23-16-19(25-21(27(29,30)31)8-6-13-32-25)10-11-20(23)26(35-24)33-14-12-18-7-4-5-9-22(18)28/h4-11,13,16H,3,12,14-15,17H2,1-2H3,(H,33,34,35). The summed E-state index contributed by atoms with van der Waals surface area (Å²) in [6, 6.07) is 15.0. The lowest BCUT2D eigenvalue weighted by Crippen LogP contribution is -2.20. The van der Waals surface area contributed by atoms with Crippen molar-refractivity contribution in [3.63, 3.8) is 0 Å². The van der Waals surface area contributed by atoms with Gasteiger partial charge in [0, 0.05) is 28.7 Å². The van der Waals surface area contributed by atoms with Crippen LogP contribution < -0.4 is 5.32 Å². The first kappa shape index (κ1) is 25.9. The second kappa shape index (κ2) is 11.2. The molecule has 0 radical (unpaired) electrons. The molecular formula is C27H27ClF3N5. The van der Waals surface area contributed by atoms with Crippen LogP contribution in [0.5, 0.6) is 0 Å². The van der Waals surface area contributed by atoms with Crippen LogP contribution in [0.1, 0.15) is 30.3 Å². The maximum Gasteiger partial charge on any atom is 0.418 e. The summed E-state index contributed by atoms with van der Waals surface area (Å²) in [7, 11) is 1.99. The Hall–Kier alpha value is -3.23. The summed E-state index contributed by atoms with van der Waals surface area (Å²) >= 11 is 6.29. The molecule has 4 rings (SSSR count). The van der Waals surface area contributed by atoms with Gasteiger partial charge in [-0.05, 0) is 62.3 Å². The van der Waals surface area contributed by atoms with Crippen LogP contribution in [0.3, 0.4) is 0 Å². The molecule has 0 saturated carbocycles. The number of fused-ring (bicyclic) bond motifs is 1. The van der Waals surface area contributed by atoms with E-state index in [-0.39, 0.29) is 5.69 Å². The first-order valence-corrected chi connectivity index (χ1v) is 12.1. The van der Waals surface area contributed by atoms with E-state index in [1.165, 1.54) is 12.3 Å². The van der Waals surface area contributed by atoms with Crippen LogP contribution in [0.4, 0.5) is 19.0 Å². The molecule has 1 N–H and O–H groups in total. The maximum atomic E-state index is 13.6. The van der Waals surface area contributed by atoms with Crippen LogP contribution in [0.15, 0.2) is 60.8 Å². The summed E-state index contributed by atoms with van der Waals surface area (Å²) in [6.07, 6.45) is -1.47. The Morgan fingerprint density at radius 3 is 2.58 bits per heavy atom. The molecule has 36 heavy (non-hydrogen) atoms. The van der Waals surface area contributed by atoms with E-state index < -0.39 is 11.7 Å². The summed E-state index contributed by atoms with van der Waals surface area (Å²) in [5.74, 6) is 1.23. The molecule has 188 valence electrons. The molecule has 0 spiro atoms. The van der Waals surface area contributed by atoms with E-state index in [1.54, 1.807) is 18.2 Å². The van der Waals surface area contributed by atoms with Crippen molar-refractivity contribution in [2.45, 2.75) is 32.5 Å². The van der Waals surface area contributed by atoms with Crippen molar-refractivity contribution >= 4 is 28.3 Å². The highest BCUT2D eigenvalue weighted by atomic mass is 35.5. The van der Waals surface area contributed by atoms with Crippen LogP contribution in [-0.2, 0) is 19.1 Å². The quantitative estimate of drug-likeness (QED) is 0.265. The van der Waals surface area contributed by atoms with Gasteiger partial charge in [-0.2, -0.15) is 13.2 Å². The molecule has 0 fully saturated rings. The highest BCUT2D eigenvalue weighted by molar-refractivity contribution is 6.31. The topological polar surface area (TPSA) is 53.9 Å². The highest BCUT2D eigenvalue weighted by Crippen LogP contribution is 2.36. The number of pyridine rings is 1. The molecular weight excluding hydrogens is 487 g/mol. The van der Waals surface area contributed by atoms with Gasteiger partial charge in [0.2, 0.25) is 0 Å². The van der Waals surface area contributed by atoms with E-state index in [1.807, 2.05) is 31.3 Å². The fraction of sp³-hybridized carbons (Fsp3) is 0.296. The van der Waals surface area contributed by atoms with E-state index >= 15 is 0 Å². The second-order valence-corrected chi connectivity index (χ2v) is 9.03. The fourth-order valence-corrected chi connectivity index (χ4v) is 4.34. The number of rotatable bonds is 9. The number of nitrogens with zero attached hydrogens (tertiary/aromatic N) is 4. The Morgan fingerprint density at radius 2 is 1.83 bits per heavy atom. The lowest BCUT2D eigenvalue weighted by Gasteiger charge is -2.17. The van der Waals surface area contributed by atoms with Gasteiger partial charge in [-0.3, -0.25) is 9.88 Å². The van der Waals surface area contributed by atoms with Gasteiger partial charge in [0.25, 0.3) is 0 Å². The van der Waals surface area contributed by atoms with Crippen LogP contribution in [0.2, 0.25) is 5.02 Å². The third-order valence-electron chi connectivity index (χ3n) is 5.79. The molecule has 0 unspecified atom stereocenters. The van der Waals surface area contributed by atoms with Gasteiger partial charge in [0.1, 0.15) is 11.6 Å². The number of nitrogens with one attached hydrogen (secondary N) is 1. The van der Waals surface area contributed by atoms with E-state index in [4.69, 9.17) is 21.6 Å². The molecule has 2 aromatic heterocycles. The Balaban J connectivity index is 1.71. The van der Waals surface area contributed by atoms with Crippen LogP contribution in [0, 0.1) is 0 Å². The zero-order valence-corrected chi connectivity index (χ0v) is 20.9. The molecule has 0 aliphatic carbocycles. The molecule has 2 heterocycles. The van der Waals surface area contributed by atoms with Gasteiger partial charge in [-0.15, -0.1) is 0 Å². The van der Waals surface area contributed by atoms with E-state index in [0.717, 1.165) is 30.0 Å². The van der Waals surface area contributed by atoms with Gasteiger partial charge in [-0.1, -0.05) is 42.8 Å². The largest absolute Gasteiger partial charge is 0.418 e. The van der Waals surface area contributed by atoms with E-state index in [2.05, 4.69) is 22.1 Å². The van der Waals surface area contributed by atoms with Gasteiger partial charge in [0.05, 0.1) is 23.3 Å². The van der Waals surface area contributed by atoms with Crippen molar-refractivity contribution in [3.05, 3.63) is 82.8 Å². The minimum atomic E-state index is -4.51. The number of alkyl halides is 3. The zero-order valence-electron chi connectivity index (χ0n) is 20.1. The van der Waals surface area contributed by atoms with Crippen molar-refractivity contribution in [3.8, 4) is 11.3 Å². The van der Waals surface area contributed by atoms with Crippen LogP contribution in [0.25, 0.3) is 22.2 Å². The molecule has 0 atom stereocenters. The number of hydrogen-bond acceptors (Lipinski definition) is 5. The summed E-state index contributed by atoms with van der Waals surface area (Å²) in [5.41, 5.74) is 1.03. The molecule has 0 aliphatic rings. The first-order valence-electron chi connectivity index (χ1n) is 11.8. The van der Waals surface area contributed by atoms with Crippen molar-refractivity contribution in [1.29, 1.82) is 0 Å². The van der Waals surface area contributed by atoms with Crippen LogP contribution in [-0.4, -0.2) is 40.0 Å². The average Bonchev–Trinajstić information content (AvgIpc) is 2.84. The number of benzene rings is 2. The van der Waals surface area contributed by atoms with Crippen molar-refractivity contribution in [1.82, 2.24) is 19.9 Å². The Labute approximate surface area is 213 Å². The van der Waals surface area contributed by atoms with E-state index in [9.17, 15) is 13.2 Å². The smallest absolute Gasteiger partial charge is 0.369 e. The van der Waals surface area contributed by atoms with Crippen molar-refractivity contribution < 1.29 is 13.2 Å². The third kappa shape index (κ3) is 6.12. The second-order valence-electron chi connectivity index (χ2n) is 8.62. The predicted molar refractivity (Wildman–Crippen MR) is 138 cm³/mol. The lowest BCUT2D eigenvalue weighted by atomic mass is 10.0. The SMILES string of the molecule is CCCN(C)Cc1nc(NCCc2ccccc2Cl)c2ccc(-c3ncccc3C(F)(F)F)cc2n1. The minimum Gasteiger partial charge on any atom is -0.369 e. The summed E-state index contributed by atoms with van der Waals surface area (Å²) in [4.78, 5) is 15.6. The minimum absolute atomic E-state index is 0.122. The van der Waals surface area contributed by atoms with Gasteiger partial charge in [0.15, 0.2) is 0 Å². The van der Waals surface area contributed by atoms with Gasteiger partial charge < -0.3 is 5.32 Å². The Bertz CT molecular complexity index is 1340. The predicted octanol–water partition coefficient (Wildman–Crippen LogP) is 6.86. The lowest BCUT2D eigenvalue weighted by molar-refractivity contribution is -0.137. The third-order valence-corrected chi connectivity index (χ3v) is 6.16. The number of aromatic nitrogens is 3. The van der Waals surface area contributed by atoms with Gasteiger partial charge in [-0.25, -0.2) is 9.97 Å². The fourth-order valence-electron chi connectivity index (χ4n) is 4.11. The molecule has 0 amide bonds. The Kier molecular flexibility index (Phi) is 8.06. The number of anilines is 1. The molecule has 2 aromatic carbocycles. The van der Waals surface area contributed by atoms with Crippen molar-refractivity contribution in [2.24, 2.45) is 0 Å². The highest BCUT2D eigenvalue weighted by Gasteiger charge is 2.34. The monoisotopic (exact) mass is 513 g/mol. The molecule has 0 aliphatic heterocycles. The molecule has 5 nitrogen and oxygen atoms in total. The molecule has 0 bridgehead atoms. The zero-order chi connectivity index (χ0) is 25.7. The Morgan fingerprint density at radius 1 is 1.03 bits per heavy atom. The number of halogens is 4. The number of hydrogen-bond donors (Lipinski definition) is 1. The average molecular weight is 514 g/mol. The van der Waals surface area contributed by atoms with Crippen LogP contribution >= 0.6 is 11.6 Å². The summed E-state index contributed by atoms with van der Waals surface area (Å²) in [6.45, 7) is 4.07. The summed E-state index contributed by atoms with van der Waals surface area (Å²) < 4.78 is 40.8. The molecule has 4 aromatic rings. The normalized spacial score (nSPS) is 11.9. The van der Waals surface area contributed by atoms with Gasteiger partial charge >= 0.3 is 6.18 Å². The summed E-state index contributed by atoms with van der Waals surface area (Å²) in [5, 5.41) is 4.81.